The summed E-state index contributed by atoms with van der Waals surface area (Å²) in [6.07, 6.45) is -2.37. The van der Waals surface area contributed by atoms with Gasteiger partial charge in [-0.05, 0) is 24.3 Å². The molecule has 174 valence electrons. The quantitative estimate of drug-likeness (QED) is 0.199. The van der Waals surface area contributed by atoms with Gasteiger partial charge in [-0.1, -0.05) is 98.1 Å². The monoisotopic (exact) mass is 554 g/mol. The Morgan fingerprint density at radius 2 is 1.13 bits per heavy atom. The van der Waals surface area contributed by atoms with Crippen LogP contribution in [-0.4, -0.2) is 30.1 Å². The minimum atomic E-state index is -4.70. The zero-order valence-corrected chi connectivity index (χ0v) is 21.4. The van der Waals surface area contributed by atoms with E-state index >= 15 is 0 Å². The number of benzene rings is 1. The third kappa shape index (κ3) is 26.9. The van der Waals surface area contributed by atoms with E-state index in [9.17, 15) is 26.3 Å². The number of allylic oxidation sites excluding steroid dienone is 1. The van der Waals surface area contributed by atoms with Crippen LogP contribution in [0.4, 0.5) is 26.3 Å². The predicted octanol–water partition coefficient (Wildman–Crippen LogP) is 8.57. The van der Waals surface area contributed by atoms with Crippen molar-refractivity contribution in [3.63, 3.8) is 0 Å². The van der Waals surface area contributed by atoms with Gasteiger partial charge in [0.1, 0.15) is 0 Å². The van der Waals surface area contributed by atoms with E-state index in [1.807, 2.05) is 0 Å². The predicted molar refractivity (Wildman–Crippen MR) is 120 cm³/mol. The second-order valence-electron chi connectivity index (χ2n) is 5.80. The zero-order chi connectivity index (χ0) is 24.2. The fourth-order valence-electron chi connectivity index (χ4n) is 1.05. The van der Waals surface area contributed by atoms with Gasteiger partial charge in [0.15, 0.2) is 0 Å². The van der Waals surface area contributed by atoms with E-state index < -0.39 is 23.5 Å². The summed E-state index contributed by atoms with van der Waals surface area (Å²) >= 11 is 0. The van der Waals surface area contributed by atoms with Gasteiger partial charge in [-0.2, -0.15) is 26.3 Å². The SMILES string of the molecule is [CH2]CCC.[CH2]CCC.[CH2]CCC.[CH]=C(C#CC(F)(F)F)c1ccc(C(F)(F)F)cc1.[Sn]. The van der Waals surface area contributed by atoms with Gasteiger partial charge in [-0.25, -0.2) is 0 Å². The maximum absolute atomic E-state index is 12.2. The summed E-state index contributed by atoms with van der Waals surface area (Å²) in [5.41, 5.74) is -1.36. The molecule has 7 heteroatoms. The molecule has 0 atom stereocenters. The van der Waals surface area contributed by atoms with Crippen molar-refractivity contribution >= 4 is 29.5 Å². The molecule has 0 N–H and O–H groups in total. The van der Waals surface area contributed by atoms with Crippen LogP contribution in [0.3, 0.4) is 0 Å². The van der Waals surface area contributed by atoms with Crippen molar-refractivity contribution in [2.24, 2.45) is 0 Å². The molecule has 0 saturated carbocycles. The maximum atomic E-state index is 12.2. The minimum Gasteiger partial charge on any atom is -0.166 e. The van der Waals surface area contributed by atoms with Crippen molar-refractivity contribution in [2.75, 3.05) is 0 Å². The van der Waals surface area contributed by atoms with E-state index in [-0.39, 0.29) is 29.5 Å². The number of rotatable bonds is 4. The smallest absolute Gasteiger partial charge is 0.166 e. The van der Waals surface area contributed by atoms with Gasteiger partial charge in [-0.3, -0.25) is 0 Å². The van der Waals surface area contributed by atoms with Crippen LogP contribution in [-0.2, 0) is 6.18 Å². The standard InChI is InChI=1S/C12H5F6.3C4H9.Sn/c1-8(6-7-11(13,14)15)9-2-4-10(5-3-9)12(16,17)18;3*1-3-4-2;/h1-5H;3*1,3-4H2,2H3;. The van der Waals surface area contributed by atoms with Crippen molar-refractivity contribution in [3.8, 4) is 11.8 Å². The van der Waals surface area contributed by atoms with Gasteiger partial charge < -0.3 is 0 Å². The molecule has 31 heavy (non-hydrogen) atoms. The molecule has 1 aromatic carbocycles. The Labute approximate surface area is 201 Å². The topological polar surface area (TPSA) is 0 Å². The molecular formula is C24H32F6Sn. The molecule has 0 aromatic heterocycles. The number of unbranched alkanes of at least 4 members (excludes halogenated alkanes) is 3. The molecule has 0 amide bonds. The molecule has 0 unspecified atom stereocenters. The number of alkyl halides is 6. The number of hydrogen-bond donors (Lipinski definition) is 0. The summed E-state index contributed by atoms with van der Waals surface area (Å²) in [6.45, 7) is 22.4. The van der Waals surface area contributed by atoms with Crippen LogP contribution >= 0.6 is 0 Å². The van der Waals surface area contributed by atoms with E-state index in [0.29, 0.717) is 0 Å². The molecule has 0 bridgehead atoms. The summed E-state index contributed by atoms with van der Waals surface area (Å²) in [6, 6.07) is 3.36. The van der Waals surface area contributed by atoms with Crippen molar-refractivity contribution in [1.82, 2.24) is 0 Å². The number of halogens is 6. The third-order valence-corrected chi connectivity index (χ3v) is 2.92. The first-order valence-electron chi connectivity index (χ1n) is 9.62. The summed E-state index contributed by atoms with van der Waals surface area (Å²) < 4.78 is 71.9. The van der Waals surface area contributed by atoms with E-state index in [0.717, 1.165) is 49.4 Å². The molecule has 0 nitrogen and oxygen atoms in total. The summed E-state index contributed by atoms with van der Waals surface area (Å²) in [5.74, 6) is 2.57. The fraction of sp³-hybridized carbons (Fsp3) is 0.458. The number of hydrogen-bond acceptors (Lipinski definition) is 0. The normalized spacial score (nSPS) is 9.68. The summed E-state index contributed by atoms with van der Waals surface area (Å²) in [5, 5.41) is 0. The van der Waals surface area contributed by atoms with Crippen LogP contribution in [0.15, 0.2) is 24.3 Å². The van der Waals surface area contributed by atoms with Crippen LogP contribution in [0, 0.1) is 39.2 Å². The molecule has 0 saturated heterocycles. The van der Waals surface area contributed by atoms with Crippen molar-refractivity contribution < 1.29 is 26.3 Å². The van der Waals surface area contributed by atoms with Gasteiger partial charge in [-0.15, -0.1) is 0 Å². The molecular weight excluding hydrogens is 521 g/mol. The van der Waals surface area contributed by atoms with Gasteiger partial charge >= 0.3 is 12.4 Å². The van der Waals surface area contributed by atoms with Crippen molar-refractivity contribution in [2.45, 2.75) is 71.6 Å². The van der Waals surface area contributed by atoms with E-state index in [2.05, 4.69) is 41.5 Å². The van der Waals surface area contributed by atoms with Gasteiger partial charge in [0, 0.05) is 35.4 Å². The zero-order valence-electron chi connectivity index (χ0n) is 18.5. The average Bonchev–Trinajstić information content (AvgIpc) is 2.71. The molecule has 0 heterocycles. The molecule has 0 aliphatic heterocycles. The Kier molecular flexibility index (Phi) is 26.5. The summed E-state index contributed by atoms with van der Waals surface area (Å²) in [7, 11) is 0. The van der Waals surface area contributed by atoms with Crippen LogP contribution in [0.5, 0.6) is 0 Å². The Balaban J connectivity index is -0.000000232. The maximum Gasteiger partial charge on any atom is 0.458 e. The van der Waals surface area contributed by atoms with Crippen molar-refractivity contribution in [1.29, 1.82) is 0 Å². The average molecular weight is 553 g/mol. The second kappa shape index (κ2) is 22.1. The van der Waals surface area contributed by atoms with Crippen LogP contribution < -0.4 is 0 Å². The third-order valence-electron chi connectivity index (χ3n) is 2.92. The Morgan fingerprint density at radius 3 is 1.35 bits per heavy atom. The van der Waals surface area contributed by atoms with Gasteiger partial charge in [0.25, 0.3) is 0 Å². The van der Waals surface area contributed by atoms with E-state index in [4.69, 9.17) is 6.58 Å². The van der Waals surface area contributed by atoms with E-state index in [1.165, 1.54) is 19.3 Å². The first-order valence-corrected chi connectivity index (χ1v) is 9.62. The minimum absolute atomic E-state index is 0. The van der Waals surface area contributed by atoms with Crippen LogP contribution in [0.25, 0.3) is 5.57 Å². The van der Waals surface area contributed by atoms with Crippen LogP contribution in [0.1, 0.15) is 70.4 Å². The van der Waals surface area contributed by atoms with Crippen LogP contribution in [0.2, 0.25) is 0 Å². The first-order chi connectivity index (χ1) is 13.8. The Hall–Kier alpha value is -1.10. The Morgan fingerprint density at radius 1 is 0.806 bits per heavy atom. The molecule has 8 radical (unpaired) electrons. The first kappa shape index (κ1) is 37.2. The molecule has 0 aliphatic carbocycles. The van der Waals surface area contributed by atoms with Gasteiger partial charge in [0.2, 0.25) is 0 Å². The Bertz CT molecular complexity index is 574. The summed E-state index contributed by atoms with van der Waals surface area (Å²) in [4.78, 5) is 0. The fourth-order valence-corrected chi connectivity index (χ4v) is 1.05. The second-order valence-corrected chi connectivity index (χ2v) is 5.80. The molecule has 0 aliphatic rings. The molecule has 0 spiro atoms. The largest absolute Gasteiger partial charge is 0.458 e. The van der Waals surface area contributed by atoms with E-state index in [1.54, 1.807) is 5.92 Å². The molecule has 0 fully saturated rings. The molecule has 1 aromatic rings. The van der Waals surface area contributed by atoms with Gasteiger partial charge in [0.05, 0.1) is 5.56 Å². The van der Waals surface area contributed by atoms with Crippen molar-refractivity contribution in [3.05, 3.63) is 62.7 Å². The molecule has 1 rings (SSSR count).